The first-order chi connectivity index (χ1) is 12.2. The quantitative estimate of drug-likeness (QED) is 0.755. The molecule has 0 aliphatic carbocycles. The maximum atomic E-state index is 13.2. The summed E-state index contributed by atoms with van der Waals surface area (Å²) in [6, 6.07) is 11.6. The van der Waals surface area contributed by atoms with Gasteiger partial charge in [-0.3, -0.25) is 4.79 Å². The Morgan fingerprint density at radius 3 is 2.80 bits per heavy atom. The number of rotatable bonds is 1. The van der Waals surface area contributed by atoms with Crippen LogP contribution in [0.1, 0.15) is 35.2 Å². The summed E-state index contributed by atoms with van der Waals surface area (Å²) in [5.41, 5.74) is 2.74. The molecule has 0 atom stereocenters. The zero-order valence-electron chi connectivity index (χ0n) is 14.0. The van der Waals surface area contributed by atoms with Gasteiger partial charge in [0, 0.05) is 24.2 Å². The average Bonchev–Trinajstić information content (AvgIpc) is 2.99. The van der Waals surface area contributed by atoms with Gasteiger partial charge in [0.1, 0.15) is 0 Å². The highest BCUT2D eigenvalue weighted by Crippen LogP contribution is 2.39. The maximum absolute atomic E-state index is 13.2. The van der Waals surface area contributed by atoms with Crippen LogP contribution in [0.5, 0.6) is 11.5 Å². The van der Waals surface area contributed by atoms with Crippen molar-refractivity contribution in [2.75, 3.05) is 24.7 Å². The molecule has 0 bridgehead atoms. The van der Waals surface area contributed by atoms with Crippen molar-refractivity contribution in [1.29, 1.82) is 0 Å². The van der Waals surface area contributed by atoms with Gasteiger partial charge in [-0.15, -0.1) is 0 Å². The lowest BCUT2D eigenvalue weighted by molar-refractivity contribution is 0.0986. The molecule has 0 spiro atoms. The molecule has 0 unspecified atom stereocenters. The van der Waals surface area contributed by atoms with Crippen molar-refractivity contribution in [3.05, 3.63) is 52.5 Å². The first-order valence-corrected chi connectivity index (χ1v) is 9.11. The summed E-state index contributed by atoms with van der Waals surface area (Å²) in [7, 11) is 0. The SMILES string of the molecule is O=C(c1cc(Cl)c2c(c1)OCCCO2)N1CCCCc2ccccc21. The van der Waals surface area contributed by atoms with E-state index in [0.29, 0.717) is 41.8 Å². The topological polar surface area (TPSA) is 38.8 Å². The van der Waals surface area contributed by atoms with Crippen LogP contribution in [0.15, 0.2) is 36.4 Å². The van der Waals surface area contributed by atoms with Crippen LogP contribution in [-0.4, -0.2) is 25.7 Å². The summed E-state index contributed by atoms with van der Waals surface area (Å²) in [5.74, 6) is 1.04. The molecule has 0 saturated heterocycles. The molecule has 5 heteroatoms. The molecule has 1 amide bonds. The number of carbonyl (C=O) groups is 1. The van der Waals surface area contributed by atoms with Gasteiger partial charge in [0.25, 0.3) is 5.91 Å². The third-order valence-electron chi connectivity index (χ3n) is 4.65. The number of fused-ring (bicyclic) bond motifs is 2. The van der Waals surface area contributed by atoms with Crippen molar-refractivity contribution >= 4 is 23.2 Å². The molecule has 2 aliphatic rings. The first-order valence-electron chi connectivity index (χ1n) is 8.73. The zero-order chi connectivity index (χ0) is 17.2. The number of anilines is 1. The Bertz CT molecular complexity index is 806. The van der Waals surface area contributed by atoms with Gasteiger partial charge >= 0.3 is 0 Å². The van der Waals surface area contributed by atoms with E-state index in [9.17, 15) is 4.79 Å². The third kappa shape index (κ3) is 3.19. The highest BCUT2D eigenvalue weighted by atomic mass is 35.5. The van der Waals surface area contributed by atoms with E-state index in [4.69, 9.17) is 21.1 Å². The van der Waals surface area contributed by atoms with Crippen LogP contribution in [0.2, 0.25) is 5.02 Å². The van der Waals surface area contributed by atoms with Gasteiger partial charge < -0.3 is 14.4 Å². The normalized spacial score (nSPS) is 16.6. The lowest BCUT2D eigenvalue weighted by Crippen LogP contribution is -2.31. The molecular formula is C20H20ClNO3. The zero-order valence-corrected chi connectivity index (χ0v) is 14.7. The number of ether oxygens (including phenoxy) is 2. The summed E-state index contributed by atoms with van der Waals surface area (Å²) < 4.78 is 11.4. The standard InChI is InChI=1S/C20H20ClNO3/c21-16-12-15(13-18-19(16)25-11-5-10-24-18)20(23)22-9-4-3-7-14-6-1-2-8-17(14)22/h1-2,6,8,12-13H,3-5,7,9-11H2. The predicted molar refractivity (Wildman–Crippen MR) is 98.1 cm³/mol. The van der Waals surface area contributed by atoms with E-state index < -0.39 is 0 Å². The second-order valence-corrected chi connectivity index (χ2v) is 6.79. The second kappa shape index (κ2) is 6.96. The van der Waals surface area contributed by atoms with E-state index in [1.54, 1.807) is 12.1 Å². The van der Waals surface area contributed by atoms with Gasteiger partial charge in [0.05, 0.1) is 18.2 Å². The summed E-state index contributed by atoms with van der Waals surface area (Å²) in [6.45, 7) is 1.84. The van der Waals surface area contributed by atoms with Crippen molar-refractivity contribution in [3.63, 3.8) is 0 Å². The molecule has 25 heavy (non-hydrogen) atoms. The molecule has 2 aliphatic heterocycles. The minimum absolute atomic E-state index is 0.0492. The monoisotopic (exact) mass is 357 g/mol. The van der Waals surface area contributed by atoms with Crippen molar-refractivity contribution in [1.82, 2.24) is 0 Å². The molecule has 0 saturated carbocycles. The molecule has 130 valence electrons. The Morgan fingerprint density at radius 1 is 1.04 bits per heavy atom. The summed E-state index contributed by atoms with van der Waals surface area (Å²) in [5, 5.41) is 0.422. The number of amides is 1. The van der Waals surface area contributed by atoms with E-state index in [2.05, 4.69) is 6.07 Å². The highest BCUT2D eigenvalue weighted by molar-refractivity contribution is 6.32. The highest BCUT2D eigenvalue weighted by Gasteiger charge is 2.25. The van der Waals surface area contributed by atoms with E-state index >= 15 is 0 Å². The largest absolute Gasteiger partial charge is 0.489 e. The second-order valence-electron chi connectivity index (χ2n) is 6.38. The van der Waals surface area contributed by atoms with Crippen molar-refractivity contribution in [2.24, 2.45) is 0 Å². The number of hydrogen-bond acceptors (Lipinski definition) is 3. The Morgan fingerprint density at radius 2 is 1.88 bits per heavy atom. The molecule has 0 N–H and O–H groups in total. The van der Waals surface area contributed by atoms with Crippen LogP contribution in [0.4, 0.5) is 5.69 Å². The molecule has 4 nitrogen and oxygen atoms in total. The minimum atomic E-state index is -0.0492. The van der Waals surface area contributed by atoms with Gasteiger partial charge in [-0.2, -0.15) is 0 Å². The van der Waals surface area contributed by atoms with E-state index in [0.717, 1.165) is 31.4 Å². The Hall–Kier alpha value is -2.20. The van der Waals surface area contributed by atoms with Crippen LogP contribution in [-0.2, 0) is 6.42 Å². The number of hydrogen-bond donors (Lipinski definition) is 0. The summed E-state index contributed by atoms with van der Waals surface area (Å²) in [4.78, 5) is 15.1. The number of halogens is 1. The van der Waals surface area contributed by atoms with Crippen LogP contribution < -0.4 is 14.4 Å². The Balaban J connectivity index is 1.72. The van der Waals surface area contributed by atoms with E-state index in [1.165, 1.54) is 5.56 Å². The number of para-hydroxylation sites is 1. The Kier molecular flexibility index (Phi) is 4.53. The van der Waals surface area contributed by atoms with Crippen LogP contribution in [0.3, 0.4) is 0 Å². The van der Waals surface area contributed by atoms with Crippen molar-refractivity contribution in [3.8, 4) is 11.5 Å². The van der Waals surface area contributed by atoms with Crippen LogP contribution in [0, 0.1) is 0 Å². The van der Waals surface area contributed by atoms with Crippen LogP contribution in [0.25, 0.3) is 0 Å². The lowest BCUT2D eigenvalue weighted by Gasteiger charge is -2.23. The molecule has 2 aromatic rings. The van der Waals surface area contributed by atoms with E-state index in [-0.39, 0.29) is 5.91 Å². The van der Waals surface area contributed by atoms with Gasteiger partial charge in [0.15, 0.2) is 11.5 Å². The molecular weight excluding hydrogens is 338 g/mol. The smallest absolute Gasteiger partial charge is 0.258 e. The fraction of sp³-hybridized carbons (Fsp3) is 0.350. The van der Waals surface area contributed by atoms with Gasteiger partial charge in [0.2, 0.25) is 0 Å². The first kappa shape index (κ1) is 16.3. The molecule has 2 aromatic carbocycles. The molecule has 0 aromatic heterocycles. The van der Waals surface area contributed by atoms with Gasteiger partial charge in [-0.25, -0.2) is 0 Å². The van der Waals surface area contributed by atoms with Crippen molar-refractivity contribution < 1.29 is 14.3 Å². The minimum Gasteiger partial charge on any atom is -0.489 e. The molecule has 2 heterocycles. The van der Waals surface area contributed by atoms with Crippen LogP contribution >= 0.6 is 11.6 Å². The average molecular weight is 358 g/mol. The summed E-state index contributed by atoms with van der Waals surface area (Å²) in [6.07, 6.45) is 3.87. The Labute approximate surface area is 152 Å². The lowest BCUT2D eigenvalue weighted by atomic mass is 10.1. The number of carbonyl (C=O) groups excluding carboxylic acids is 1. The fourth-order valence-corrected chi connectivity index (χ4v) is 3.68. The maximum Gasteiger partial charge on any atom is 0.258 e. The molecule has 0 fully saturated rings. The number of nitrogens with zero attached hydrogens (tertiary/aromatic N) is 1. The number of benzene rings is 2. The third-order valence-corrected chi connectivity index (χ3v) is 4.94. The number of aryl methyl sites for hydroxylation is 1. The predicted octanol–water partition coefficient (Wildman–Crippen LogP) is 4.48. The molecule has 4 rings (SSSR count). The van der Waals surface area contributed by atoms with Gasteiger partial charge in [-0.05, 0) is 43.0 Å². The van der Waals surface area contributed by atoms with Gasteiger partial charge in [-0.1, -0.05) is 29.8 Å². The summed E-state index contributed by atoms with van der Waals surface area (Å²) >= 11 is 6.36. The fourth-order valence-electron chi connectivity index (χ4n) is 3.41. The van der Waals surface area contributed by atoms with E-state index in [1.807, 2.05) is 23.1 Å². The van der Waals surface area contributed by atoms with Crippen molar-refractivity contribution in [2.45, 2.75) is 25.7 Å². The molecule has 0 radical (unpaired) electrons.